The van der Waals surface area contributed by atoms with E-state index in [-0.39, 0.29) is 12.6 Å². The molecule has 0 aromatic carbocycles. The van der Waals surface area contributed by atoms with Gasteiger partial charge >= 0.3 is 6.09 Å². The standard InChI is InChI=1S/C13H21FN4O2/c1-13(2,3)20-12(19)17-5-4-11(10(14)8-17)18-7-9(15)6-16-18/h6-7,10-11H,4-5,8,15H2,1-3H3/t10-,11+/m1/s1. The highest BCUT2D eigenvalue weighted by Gasteiger charge is 2.34. The monoisotopic (exact) mass is 284 g/mol. The van der Waals surface area contributed by atoms with Crippen LogP contribution in [0.15, 0.2) is 12.4 Å². The molecule has 1 aromatic rings. The second-order valence-corrected chi connectivity index (χ2v) is 6.05. The predicted octanol–water partition coefficient (Wildman–Crippen LogP) is 1.99. The number of alkyl halides is 1. The summed E-state index contributed by atoms with van der Waals surface area (Å²) in [6.45, 7) is 5.82. The first-order chi connectivity index (χ1) is 9.26. The van der Waals surface area contributed by atoms with Crippen LogP contribution in [0, 0.1) is 0 Å². The van der Waals surface area contributed by atoms with E-state index in [9.17, 15) is 9.18 Å². The lowest BCUT2D eigenvalue weighted by molar-refractivity contribution is 0.00576. The minimum Gasteiger partial charge on any atom is -0.444 e. The van der Waals surface area contributed by atoms with E-state index < -0.39 is 17.9 Å². The van der Waals surface area contributed by atoms with Crippen molar-refractivity contribution in [3.63, 3.8) is 0 Å². The van der Waals surface area contributed by atoms with Gasteiger partial charge in [0, 0.05) is 12.7 Å². The molecule has 7 heteroatoms. The molecule has 1 aliphatic heterocycles. The van der Waals surface area contributed by atoms with Gasteiger partial charge < -0.3 is 15.4 Å². The molecule has 1 saturated heterocycles. The summed E-state index contributed by atoms with van der Waals surface area (Å²) in [5.74, 6) is 0. The molecule has 0 saturated carbocycles. The van der Waals surface area contributed by atoms with Crippen molar-refractivity contribution in [2.24, 2.45) is 0 Å². The maximum Gasteiger partial charge on any atom is 0.410 e. The largest absolute Gasteiger partial charge is 0.444 e. The van der Waals surface area contributed by atoms with Crippen molar-refractivity contribution >= 4 is 11.8 Å². The van der Waals surface area contributed by atoms with E-state index in [1.54, 1.807) is 27.0 Å². The fourth-order valence-electron chi connectivity index (χ4n) is 2.22. The highest BCUT2D eigenvalue weighted by atomic mass is 19.1. The molecular formula is C13H21FN4O2. The quantitative estimate of drug-likeness (QED) is 0.856. The van der Waals surface area contributed by atoms with Gasteiger partial charge in [-0.15, -0.1) is 0 Å². The van der Waals surface area contributed by atoms with E-state index in [2.05, 4.69) is 5.10 Å². The molecule has 6 nitrogen and oxygen atoms in total. The molecule has 1 amide bonds. The van der Waals surface area contributed by atoms with E-state index in [0.29, 0.717) is 18.7 Å². The smallest absolute Gasteiger partial charge is 0.410 e. The summed E-state index contributed by atoms with van der Waals surface area (Å²) in [7, 11) is 0. The lowest BCUT2D eigenvalue weighted by atomic mass is 10.0. The second-order valence-electron chi connectivity index (χ2n) is 6.05. The second kappa shape index (κ2) is 5.30. The number of halogens is 1. The van der Waals surface area contributed by atoms with Crippen molar-refractivity contribution in [3.05, 3.63) is 12.4 Å². The summed E-state index contributed by atoms with van der Waals surface area (Å²) < 4.78 is 21.0. The van der Waals surface area contributed by atoms with E-state index in [4.69, 9.17) is 10.5 Å². The fourth-order valence-corrected chi connectivity index (χ4v) is 2.22. The van der Waals surface area contributed by atoms with Crippen molar-refractivity contribution in [2.75, 3.05) is 18.8 Å². The minimum atomic E-state index is -1.18. The lowest BCUT2D eigenvalue weighted by Crippen LogP contribution is -2.47. The Labute approximate surface area is 117 Å². The molecule has 1 aromatic heterocycles. The van der Waals surface area contributed by atoms with Gasteiger partial charge in [-0.1, -0.05) is 0 Å². The van der Waals surface area contributed by atoms with Crippen LogP contribution in [-0.2, 0) is 4.74 Å². The van der Waals surface area contributed by atoms with Crippen LogP contribution in [0.4, 0.5) is 14.9 Å². The zero-order valence-corrected chi connectivity index (χ0v) is 12.0. The number of likely N-dealkylation sites (tertiary alicyclic amines) is 1. The number of piperidine rings is 1. The molecule has 0 aliphatic carbocycles. The summed E-state index contributed by atoms with van der Waals surface area (Å²) in [5.41, 5.74) is 5.52. The number of ether oxygens (including phenoxy) is 1. The molecular weight excluding hydrogens is 263 g/mol. The van der Waals surface area contributed by atoms with Crippen LogP contribution < -0.4 is 5.73 Å². The van der Waals surface area contributed by atoms with E-state index >= 15 is 0 Å². The first-order valence-electron chi connectivity index (χ1n) is 6.68. The van der Waals surface area contributed by atoms with Gasteiger partial charge in [0.1, 0.15) is 11.8 Å². The van der Waals surface area contributed by atoms with E-state index in [0.717, 1.165) is 0 Å². The molecule has 0 unspecified atom stereocenters. The highest BCUT2D eigenvalue weighted by Crippen LogP contribution is 2.26. The number of anilines is 1. The first-order valence-corrected chi connectivity index (χ1v) is 6.68. The number of nitrogens with zero attached hydrogens (tertiary/aromatic N) is 3. The van der Waals surface area contributed by atoms with Crippen LogP contribution in [0.1, 0.15) is 33.2 Å². The highest BCUT2D eigenvalue weighted by molar-refractivity contribution is 5.68. The molecule has 0 bridgehead atoms. The minimum absolute atomic E-state index is 0.0132. The van der Waals surface area contributed by atoms with Crippen LogP contribution in [0.25, 0.3) is 0 Å². The topological polar surface area (TPSA) is 73.4 Å². The molecule has 1 aliphatic rings. The fraction of sp³-hybridized carbons (Fsp3) is 0.692. The van der Waals surface area contributed by atoms with Gasteiger partial charge in [-0.05, 0) is 27.2 Å². The average molecular weight is 284 g/mol. The maximum atomic E-state index is 14.2. The number of rotatable bonds is 1. The Hall–Kier alpha value is -1.79. The van der Waals surface area contributed by atoms with Gasteiger partial charge in [-0.2, -0.15) is 5.10 Å². The van der Waals surface area contributed by atoms with E-state index in [1.807, 2.05) is 0 Å². The van der Waals surface area contributed by atoms with Gasteiger partial charge in [0.05, 0.1) is 24.5 Å². The third kappa shape index (κ3) is 3.40. The summed E-state index contributed by atoms with van der Waals surface area (Å²) in [6.07, 6.45) is 1.93. The zero-order chi connectivity index (χ0) is 14.9. The normalized spacial score (nSPS) is 23.7. The van der Waals surface area contributed by atoms with Gasteiger partial charge in [0.2, 0.25) is 0 Å². The number of carbonyl (C=O) groups excluding carboxylic acids is 1. The predicted molar refractivity (Wildman–Crippen MR) is 73.0 cm³/mol. The molecule has 0 spiro atoms. The van der Waals surface area contributed by atoms with E-state index in [1.165, 1.54) is 15.8 Å². The number of nitrogen functional groups attached to an aromatic ring is 1. The van der Waals surface area contributed by atoms with Gasteiger partial charge in [-0.3, -0.25) is 4.68 Å². The Morgan fingerprint density at radius 3 is 2.75 bits per heavy atom. The maximum absolute atomic E-state index is 14.2. The number of hydrogen-bond acceptors (Lipinski definition) is 4. The summed E-state index contributed by atoms with van der Waals surface area (Å²) in [6, 6.07) is -0.383. The van der Waals surface area contributed by atoms with Crippen LogP contribution in [0.2, 0.25) is 0 Å². The van der Waals surface area contributed by atoms with Crippen molar-refractivity contribution in [1.29, 1.82) is 0 Å². The molecule has 0 radical (unpaired) electrons. The van der Waals surface area contributed by atoms with Gasteiger partial charge in [0.15, 0.2) is 0 Å². The van der Waals surface area contributed by atoms with Crippen molar-refractivity contribution in [1.82, 2.24) is 14.7 Å². The molecule has 2 N–H and O–H groups in total. The van der Waals surface area contributed by atoms with Crippen LogP contribution in [0.3, 0.4) is 0 Å². The van der Waals surface area contributed by atoms with Gasteiger partial charge in [0.25, 0.3) is 0 Å². The van der Waals surface area contributed by atoms with Crippen LogP contribution >= 0.6 is 0 Å². The van der Waals surface area contributed by atoms with Crippen molar-refractivity contribution in [2.45, 2.75) is 45.0 Å². The number of amides is 1. The Morgan fingerprint density at radius 2 is 2.25 bits per heavy atom. The summed E-state index contributed by atoms with van der Waals surface area (Å²) in [4.78, 5) is 13.3. The lowest BCUT2D eigenvalue weighted by Gasteiger charge is -2.35. The Bertz CT molecular complexity index is 483. The van der Waals surface area contributed by atoms with Crippen LogP contribution in [0.5, 0.6) is 0 Å². The number of carbonyl (C=O) groups is 1. The summed E-state index contributed by atoms with van der Waals surface area (Å²) in [5, 5.41) is 4.04. The molecule has 1 fully saturated rings. The summed E-state index contributed by atoms with van der Waals surface area (Å²) >= 11 is 0. The molecule has 112 valence electrons. The van der Waals surface area contributed by atoms with Gasteiger partial charge in [-0.25, -0.2) is 9.18 Å². The van der Waals surface area contributed by atoms with Crippen molar-refractivity contribution in [3.8, 4) is 0 Å². The number of aromatic nitrogens is 2. The zero-order valence-electron chi connectivity index (χ0n) is 12.0. The Kier molecular flexibility index (Phi) is 3.87. The van der Waals surface area contributed by atoms with Crippen molar-refractivity contribution < 1.29 is 13.9 Å². The first kappa shape index (κ1) is 14.6. The third-order valence-electron chi connectivity index (χ3n) is 3.12. The molecule has 2 heterocycles. The number of hydrogen-bond donors (Lipinski definition) is 1. The Balaban J connectivity index is 1.97. The Morgan fingerprint density at radius 1 is 1.55 bits per heavy atom. The SMILES string of the molecule is CC(C)(C)OC(=O)N1CC[C@H](n2cc(N)cn2)[C@H](F)C1. The molecule has 2 rings (SSSR count). The molecule has 2 atom stereocenters. The number of nitrogens with two attached hydrogens (primary N) is 1. The van der Waals surface area contributed by atoms with Crippen LogP contribution in [-0.4, -0.2) is 45.6 Å². The molecule has 20 heavy (non-hydrogen) atoms. The average Bonchev–Trinajstić information content (AvgIpc) is 2.73. The third-order valence-corrected chi connectivity index (χ3v) is 3.12.